The first kappa shape index (κ1) is 20.9. The lowest BCUT2D eigenvalue weighted by Gasteiger charge is -2.43. The second kappa shape index (κ2) is 9.65. The predicted octanol–water partition coefficient (Wildman–Crippen LogP) is 4.84. The summed E-state index contributed by atoms with van der Waals surface area (Å²) in [4.78, 5) is 30.6. The molecule has 0 radical (unpaired) electrons. The molecule has 4 rings (SSSR count). The van der Waals surface area contributed by atoms with Crippen molar-refractivity contribution in [2.24, 2.45) is 0 Å². The molecule has 1 saturated carbocycles. The van der Waals surface area contributed by atoms with Crippen molar-refractivity contribution < 1.29 is 9.59 Å². The Hall–Kier alpha value is -2.33. The number of halogens is 1. The Balaban J connectivity index is 1.60. The number of benzene rings is 2. The molecule has 0 aromatic heterocycles. The van der Waals surface area contributed by atoms with Crippen LogP contribution in [0.4, 0.5) is 0 Å². The van der Waals surface area contributed by atoms with Gasteiger partial charge in [0.05, 0.1) is 0 Å². The predicted molar refractivity (Wildman–Crippen MR) is 119 cm³/mol. The Morgan fingerprint density at radius 3 is 2.17 bits per heavy atom. The van der Waals surface area contributed by atoms with Gasteiger partial charge in [-0.05, 0) is 36.1 Å². The van der Waals surface area contributed by atoms with Crippen LogP contribution >= 0.6 is 11.6 Å². The standard InChI is InChI=1S/C25H29ClN2O2/c26-21-14-12-20(13-15-21)17-28-23(16-19-8-4-3-5-9-19)25(30)27(18-24(28)29)22-10-6-1-2-7-11-22/h3-5,8-9,12-15,22-23H,1-2,6-7,10-11,16-18H2/t23-/m0/s1. The highest BCUT2D eigenvalue weighted by molar-refractivity contribution is 6.30. The number of hydrogen-bond donors (Lipinski definition) is 0. The van der Waals surface area contributed by atoms with Gasteiger partial charge in [0, 0.05) is 24.0 Å². The molecule has 1 saturated heterocycles. The third-order valence-corrected chi connectivity index (χ3v) is 6.63. The van der Waals surface area contributed by atoms with Crippen molar-refractivity contribution in [2.45, 2.75) is 63.6 Å². The van der Waals surface area contributed by atoms with E-state index in [1.165, 1.54) is 12.8 Å². The summed E-state index contributed by atoms with van der Waals surface area (Å²) in [6, 6.07) is 17.2. The summed E-state index contributed by atoms with van der Waals surface area (Å²) in [5.41, 5.74) is 2.06. The van der Waals surface area contributed by atoms with Crippen molar-refractivity contribution in [1.29, 1.82) is 0 Å². The van der Waals surface area contributed by atoms with Crippen LogP contribution in [-0.2, 0) is 22.6 Å². The van der Waals surface area contributed by atoms with E-state index in [9.17, 15) is 9.59 Å². The molecule has 2 aliphatic rings. The van der Waals surface area contributed by atoms with Crippen LogP contribution in [0.1, 0.15) is 49.7 Å². The monoisotopic (exact) mass is 424 g/mol. The fourth-order valence-corrected chi connectivity index (χ4v) is 4.84. The van der Waals surface area contributed by atoms with Gasteiger partial charge < -0.3 is 9.80 Å². The summed E-state index contributed by atoms with van der Waals surface area (Å²) in [5, 5.41) is 0.667. The van der Waals surface area contributed by atoms with Gasteiger partial charge in [-0.1, -0.05) is 79.7 Å². The zero-order valence-corrected chi connectivity index (χ0v) is 18.1. The molecule has 158 valence electrons. The number of carbonyl (C=O) groups is 2. The molecule has 1 heterocycles. The van der Waals surface area contributed by atoms with Gasteiger partial charge in [-0.15, -0.1) is 0 Å². The lowest BCUT2D eigenvalue weighted by Crippen LogP contribution is -2.62. The molecule has 0 unspecified atom stereocenters. The molecular weight excluding hydrogens is 396 g/mol. The highest BCUT2D eigenvalue weighted by atomic mass is 35.5. The molecule has 0 N–H and O–H groups in total. The first-order valence-electron chi connectivity index (χ1n) is 11.0. The normalized spacial score (nSPS) is 21.0. The quantitative estimate of drug-likeness (QED) is 0.644. The van der Waals surface area contributed by atoms with E-state index < -0.39 is 6.04 Å². The van der Waals surface area contributed by atoms with Crippen LogP contribution in [0.5, 0.6) is 0 Å². The van der Waals surface area contributed by atoms with Gasteiger partial charge in [0.1, 0.15) is 12.6 Å². The molecule has 2 aromatic carbocycles. The first-order valence-corrected chi connectivity index (χ1v) is 11.4. The lowest BCUT2D eigenvalue weighted by atomic mass is 9.97. The van der Waals surface area contributed by atoms with Crippen molar-refractivity contribution in [2.75, 3.05) is 6.54 Å². The summed E-state index contributed by atoms with van der Waals surface area (Å²) in [7, 11) is 0. The van der Waals surface area contributed by atoms with E-state index in [2.05, 4.69) is 0 Å². The molecule has 0 spiro atoms. The number of piperazine rings is 1. The average molecular weight is 425 g/mol. The van der Waals surface area contributed by atoms with E-state index >= 15 is 0 Å². The van der Waals surface area contributed by atoms with Crippen molar-refractivity contribution in [3.63, 3.8) is 0 Å². The largest absolute Gasteiger partial charge is 0.329 e. The first-order chi connectivity index (χ1) is 14.6. The second-order valence-corrected chi connectivity index (χ2v) is 8.90. The minimum atomic E-state index is -0.465. The molecule has 2 amide bonds. The molecule has 2 aromatic rings. The van der Waals surface area contributed by atoms with Crippen LogP contribution in [-0.4, -0.2) is 40.2 Å². The van der Waals surface area contributed by atoms with Crippen molar-refractivity contribution in [3.05, 3.63) is 70.7 Å². The zero-order valence-electron chi connectivity index (χ0n) is 17.3. The van der Waals surface area contributed by atoms with Gasteiger partial charge in [-0.2, -0.15) is 0 Å². The Bertz CT molecular complexity index is 860. The summed E-state index contributed by atoms with van der Waals surface area (Å²) < 4.78 is 0. The molecule has 4 nitrogen and oxygen atoms in total. The van der Waals surface area contributed by atoms with Gasteiger partial charge in [-0.25, -0.2) is 0 Å². The molecule has 1 aliphatic carbocycles. The van der Waals surface area contributed by atoms with E-state index in [4.69, 9.17) is 11.6 Å². The van der Waals surface area contributed by atoms with E-state index in [0.717, 1.165) is 36.8 Å². The van der Waals surface area contributed by atoms with Crippen LogP contribution in [0.3, 0.4) is 0 Å². The Labute approximate surface area is 183 Å². The van der Waals surface area contributed by atoms with Crippen LogP contribution < -0.4 is 0 Å². The van der Waals surface area contributed by atoms with Crippen molar-refractivity contribution >= 4 is 23.4 Å². The molecule has 1 aliphatic heterocycles. The van der Waals surface area contributed by atoms with E-state index in [-0.39, 0.29) is 24.4 Å². The number of nitrogens with zero attached hydrogens (tertiary/aromatic N) is 2. The molecular formula is C25H29ClN2O2. The fraction of sp³-hybridized carbons (Fsp3) is 0.440. The second-order valence-electron chi connectivity index (χ2n) is 8.47. The minimum absolute atomic E-state index is 0.0368. The van der Waals surface area contributed by atoms with Crippen LogP contribution in [0.25, 0.3) is 0 Å². The molecule has 5 heteroatoms. The zero-order chi connectivity index (χ0) is 20.9. The third-order valence-electron chi connectivity index (χ3n) is 6.37. The number of carbonyl (C=O) groups excluding carboxylic acids is 2. The highest BCUT2D eigenvalue weighted by Crippen LogP contribution is 2.27. The van der Waals surface area contributed by atoms with Gasteiger partial charge >= 0.3 is 0 Å². The van der Waals surface area contributed by atoms with Gasteiger partial charge in [0.2, 0.25) is 11.8 Å². The Morgan fingerprint density at radius 2 is 1.50 bits per heavy atom. The van der Waals surface area contributed by atoms with Crippen LogP contribution in [0.15, 0.2) is 54.6 Å². The Morgan fingerprint density at radius 1 is 0.833 bits per heavy atom. The topological polar surface area (TPSA) is 40.6 Å². The lowest BCUT2D eigenvalue weighted by molar-refractivity contribution is -0.159. The van der Waals surface area contributed by atoms with E-state index in [1.54, 1.807) is 4.90 Å². The van der Waals surface area contributed by atoms with Crippen molar-refractivity contribution in [1.82, 2.24) is 9.80 Å². The van der Waals surface area contributed by atoms with Gasteiger partial charge in [0.15, 0.2) is 0 Å². The number of amides is 2. The maximum absolute atomic E-state index is 13.7. The molecule has 2 fully saturated rings. The van der Waals surface area contributed by atoms with Gasteiger partial charge in [0.25, 0.3) is 0 Å². The maximum atomic E-state index is 13.7. The van der Waals surface area contributed by atoms with Crippen molar-refractivity contribution in [3.8, 4) is 0 Å². The smallest absolute Gasteiger partial charge is 0.246 e. The van der Waals surface area contributed by atoms with E-state index in [0.29, 0.717) is 18.0 Å². The molecule has 30 heavy (non-hydrogen) atoms. The minimum Gasteiger partial charge on any atom is -0.329 e. The summed E-state index contributed by atoms with van der Waals surface area (Å²) in [5.74, 6) is 0.133. The maximum Gasteiger partial charge on any atom is 0.246 e. The molecule has 0 bridgehead atoms. The number of hydrogen-bond acceptors (Lipinski definition) is 2. The van der Waals surface area contributed by atoms with Crippen LogP contribution in [0.2, 0.25) is 5.02 Å². The summed E-state index contributed by atoms with van der Waals surface area (Å²) >= 11 is 6.02. The van der Waals surface area contributed by atoms with Crippen LogP contribution in [0, 0.1) is 0 Å². The number of rotatable bonds is 5. The van der Waals surface area contributed by atoms with Gasteiger partial charge in [-0.3, -0.25) is 9.59 Å². The molecule has 1 atom stereocenters. The Kier molecular flexibility index (Phi) is 6.73. The summed E-state index contributed by atoms with van der Waals surface area (Å²) in [6.07, 6.45) is 7.29. The third kappa shape index (κ3) is 4.86. The average Bonchev–Trinajstić information content (AvgIpc) is 3.04. The fourth-order valence-electron chi connectivity index (χ4n) is 4.71. The van der Waals surface area contributed by atoms with E-state index in [1.807, 2.05) is 59.5 Å². The highest BCUT2D eigenvalue weighted by Gasteiger charge is 2.41. The summed E-state index contributed by atoms with van der Waals surface area (Å²) in [6.45, 7) is 0.625. The SMILES string of the molecule is O=C1[C@H](Cc2ccccc2)N(Cc2ccc(Cl)cc2)C(=O)CN1C1CCCCCC1.